The van der Waals surface area contributed by atoms with E-state index in [1.54, 1.807) is 31.2 Å². The van der Waals surface area contributed by atoms with Gasteiger partial charge in [-0.2, -0.15) is 0 Å². The first-order chi connectivity index (χ1) is 18.5. The quantitative estimate of drug-likeness (QED) is 0.347. The Kier molecular flexibility index (Phi) is 9.98. The van der Waals surface area contributed by atoms with Crippen LogP contribution in [0.1, 0.15) is 18.1 Å². The van der Waals surface area contributed by atoms with Gasteiger partial charge in [0.25, 0.3) is 10.0 Å². The third-order valence-electron chi connectivity index (χ3n) is 6.22. The van der Waals surface area contributed by atoms with E-state index in [0.717, 1.165) is 19.9 Å². The normalized spacial score (nSPS) is 11.8. The molecule has 0 heterocycles. The maximum atomic E-state index is 14.0. The van der Waals surface area contributed by atoms with Crippen LogP contribution < -0.4 is 19.1 Å². The van der Waals surface area contributed by atoms with Crippen molar-refractivity contribution in [2.75, 3.05) is 32.1 Å². The Balaban J connectivity index is 2.06. The number of carbonyl (C=O) groups excluding carboxylic acids is 2. The van der Waals surface area contributed by atoms with Gasteiger partial charge >= 0.3 is 0 Å². The molecular weight excluding hydrogens is 586 g/mol. The first-order valence-corrected chi connectivity index (χ1v) is 14.3. The number of anilines is 1. The number of rotatable bonds is 11. The van der Waals surface area contributed by atoms with Gasteiger partial charge in [0.1, 0.15) is 12.6 Å². The fraction of sp³-hybridized carbons (Fsp3) is 0.286. The second kappa shape index (κ2) is 13.0. The summed E-state index contributed by atoms with van der Waals surface area (Å²) in [5, 5.41) is 2.57. The predicted octanol–water partition coefficient (Wildman–Crippen LogP) is 4.13. The van der Waals surface area contributed by atoms with Gasteiger partial charge in [-0.3, -0.25) is 13.9 Å². The van der Waals surface area contributed by atoms with Crippen molar-refractivity contribution in [3.63, 3.8) is 0 Å². The molecule has 2 amide bonds. The van der Waals surface area contributed by atoms with E-state index in [9.17, 15) is 18.0 Å². The summed E-state index contributed by atoms with van der Waals surface area (Å²) in [7, 11) is 0.115. The molecule has 208 valence electrons. The van der Waals surface area contributed by atoms with Crippen LogP contribution in [-0.2, 0) is 26.2 Å². The van der Waals surface area contributed by atoms with Crippen LogP contribution >= 0.6 is 15.9 Å². The molecular formula is C28H32BrN3O6S. The van der Waals surface area contributed by atoms with Gasteiger partial charge in [-0.25, -0.2) is 8.42 Å². The van der Waals surface area contributed by atoms with Crippen molar-refractivity contribution in [1.82, 2.24) is 10.2 Å². The van der Waals surface area contributed by atoms with Crippen molar-refractivity contribution in [2.45, 2.75) is 31.3 Å². The molecule has 0 radical (unpaired) electrons. The van der Waals surface area contributed by atoms with Crippen LogP contribution in [-0.4, -0.2) is 59.0 Å². The number of nitrogens with zero attached hydrogens (tertiary/aromatic N) is 2. The van der Waals surface area contributed by atoms with E-state index >= 15 is 0 Å². The molecule has 0 fully saturated rings. The largest absolute Gasteiger partial charge is 0.493 e. The van der Waals surface area contributed by atoms with Crippen molar-refractivity contribution in [3.05, 3.63) is 82.3 Å². The van der Waals surface area contributed by atoms with Crippen LogP contribution in [0.25, 0.3) is 0 Å². The smallest absolute Gasteiger partial charge is 0.264 e. The molecule has 0 saturated carbocycles. The van der Waals surface area contributed by atoms with Gasteiger partial charge in [-0.05, 0) is 55.8 Å². The number of carbonyl (C=O) groups is 2. The highest BCUT2D eigenvalue weighted by Gasteiger charge is 2.32. The third-order valence-corrected chi connectivity index (χ3v) is 8.52. The van der Waals surface area contributed by atoms with E-state index in [2.05, 4.69) is 21.2 Å². The standard InChI is InChI=1S/C28H32BrN3O6S/c1-19-6-12-23(13-7-19)32(39(35,36)24-14-15-25(37-4)26(16-24)38-5)18-27(33)31(20(2)28(34)30-3)17-21-8-10-22(29)11-9-21/h6-16,20H,17-18H2,1-5H3,(H,30,34). The Hall–Kier alpha value is -3.57. The number of hydrogen-bond acceptors (Lipinski definition) is 6. The molecule has 3 aromatic carbocycles. The summed E-state index contributed by atoms with van der Waals surface area (Å²) in [5.74, 6) is -0.308. The number of likely N-dealkylation sites (N-methyl/N-ethyl adjacent to an activating group) is 1. The molecule has 3 aromatic rings. The molecule has 0 aromatic heterocycles. The predicted molar refractivity (Wildman–Crippen MR) is 153 cm³/mol. The highest BCUT2D eigenvalue weighted by Crippen LogP contribution is 2.32. The third kappa shape index (κ3) is 7.10. The molecule has 0 saturated heterocycles. The van der Waals surface area contributed by atoms with E-state index in [-0.39, 0.29) is 23.1 Å². The lowest BCUT2D eigenvalue weighted by molar-refractivity contribution is -0.139. The zero-order chi connectivity index (χ0) is 28.7. The minimum atomic E-state index is -4.24. The molecule has 11 heteroatoms. The van der Waals surface area contributed by atoms with Crippen molar-refractivity contribution < 1.29 is 27.5 Å². The van der Waals surface area contributed by atoms with E-state index in [0.29, 0.717) is 11.4 Å². The Bertz CT molecular complexity index is 1410. The lowest BCUT2D eigenvalue weighted by Crippen LogP contribution is -2.50. The van der Waals surface area contributed by atoms with Gasteiger partial charge in [-0.1, -0.05) is 45.8 Å². The van der Waals surface area contributed by atoms with Crippen LogP contribution in [0.4, 0.5) is 5.69 Å². The fourth-order valence-corrected chi connectivity index (χ4v) is 5.62. The summed E-state index contributed by atoms with van der Waals surface area (Å²) in [6.45, 7) is 3.07. The summed E-state index contributed by atoms with van der Waals surface area (Å²) >= 11 is 3.40. The van der Waals surface area contributed by atoms with E-state index in [4.69, 9.17) is 9.47 Å². The number of hydrogen-bond donors (Lipinski definition) is 1. The molecule has 0 aliphatic heterocycles. The number of sulfonamides is 1. The van der Waals surface area contributed by atoms with Gasteiger partial charge in [0.2, 0.25) is 11.8 Å². The molecule has 9 nitrogen and oxygen atoms in total. The van der Waals surface area contributed by atoms with E-state index in [1.807, 2.05) is 31.2 Å². The average Bonchev–Trinajstić information content (AvgIpc) is 2.94. The Morgan fingerprint density at radius 3 is 2.13 bits per heavy atom. The molecule has 1 unspecified atom stereocenters. The maximum Gasteiger partial charge on any atom is 0.264 e. The lowest BCUT2D eigenvalue weighted by atomic mass is 10.1. The van der Waals surface area contributed by atoms with Crippen molar-refractivity contribution in [1.29, 1.82) is 0 Å². The van der Waals surface area contributed by atoms with E-state index < -0.39 is 28.5 Å². The zero-order valence-corrected chi connectivity index (χ0v) is 24.9. The number of ether oxygens (including phenoxy) is 2. The number of benzene rings is 3. The van der Waals surface area contributed by atoms with Gasteiger partial charge in [0.15, 0.2) is 11.5 Å². The average molecular weight is 619 g/mol. The SMILES string of the molecule is CNC(=O)C(C)N(Cc1ccc(Br)cc1)C(=O)CN(c1ccc(C)cc1)S(=O)(=O)c1ccc(OC)c(OC)c1. The fourth-order valence-electron chi connectivity index (χ4n) is 3.92. The molecule has 1 atom stereocenters. The summed E-state index contributed by atoms with van der Waals surface area (Å²) in [5.41, 5.74) is 2.02. The molecule has 1 N–H and O–H groups in total. The number of aryl methyl sites for hydroxylation is 1. The molecule has 0 bridgehead atoms. The molecule has 0 aliphatic carbocycles. The second-order valence-corrected chi connectivity index (χ2v) is 11.6. The van der Waals surface area contributed by atoms with E-state index in [1.165, 1.54) is 44.4 Å². The van der Waals surface area contributed by atoms with Gasteiger partial charge < -0.3 is 19.7 Å². The lowest BCUT2D eigenvalue weighted by Gasteiger charge is -2.32. The molecule has 0 aliphatic rings. The summed E-state index contributed by atoms with van der Waals surface area (Å²) in [6.07, 6.45) is 0. The Morgan fingerprint density at radius 1 is 0.949 bits per heavy atom. The minimum absolute atomic E-state index is 0.0765. The molecule has 0 spiro atoms. The topological polar surface area (TPSA) is 105 Å². The summed E-state index contributed by atoms with van der Waals surface area (Å²) in [6, 6.07) is 17.5. The van der Waals surface area contributed by atoms with Crippen LogP contribution in [0.5, 0.6) is 11.5 Å². The van der Waals surface area contributed by atoms with Crippen molar-refractivity contribution in [2.24, 2.45) is 0 Å². The monoisotopic (exact) mass is 617 g/mol. The van der Waals surface area contributed by atoms with Crippen LogP contribution in [0, 0.1) is 6.92 Å². The second-order valence-electron chi connectivity index (χ2n) is 8.80. The molecule has 39 heavy (non-hydrogen) atoms. The highest BCUT2D eigenvalue weighted by molar-refractivity contribution is 9.10. The van der Waals surface area contributed by atoms with Gasteiger partial charge in [0, 0.05) is 24.1 Å². The van der Waals surface area contributed by atoms with Crippen LogP contribution in [0.3, 0.4) is 0 Å². The molecule has 3 rings (SSSR count). The van der Waals surface area contributed by atoms with Crippen LogP contribution in [0.15, 0.2) is 76.1 Å². The number of amides is 2. The zero-order valence-electron chi connectivity index (χ0n) is 22.5. The minimum Gasteiger partial charge on any atom is -0.493 e. The highest BCUT2D eigenvalue weighted by atomic mass is 79.9. The first-order valence-electron chi connectivity index (χ1n) is 12.1. The maximum absolute atomic E-state index is 14.0. The summed E-state index contributed by atoms with van der Waals surface area (Å²) in [4.78, 5) is 27.7. The van der Waals surface area contributed by atoms with Gasteiger partial charge in [-0.15, -0.1) is 0 Å². The summed E-state index contributed by atoms with van der Waals surface area (Å²) < 4.78 is 40.4. The Labute approximate surface area is 237 Å². The van der Waals surface area contributed by atoms with Crippen molar-refractivity contribution in [3.8, 4) is 11.5 Å². The number of nitrogens with one attached hydrogen (secondary N) is 1. The first kappa shape index (κ1) is 30.0. The van der Waals surface area contributed by atoms with Crippen LogP contribution in [0.2, 0.25) is 0 Å². The van der Waals surface area contributed by atoms with Gasteiger partial charge in [0.05, 0.1) is 24.8 Å². The number of halogens is 1. The number of methoxy groups -OCH3 is 2. The van der Waals surface area contributed by atoms with Crippen molar-refractivity contribution >= 4 is 43.5 Å². The Morgan fingerprint density at radius 2 is 1.56 bits per heavy atom.